The van der Waals surface area contributed by atoms with Gasteiger partial charge in [0.05, 0.1) is 0 Å². The Balaban J connectivity index is 0. The molecule has 0 radical (unpaired) electrons. The van der Waals surface area contributed by atoms with Gasteiger partial charge in [-0.2, -0.15) is 13.2 Å². The van der Waals surface area contributed by atoms with Gasteiger partial charge < -0.3 is 5.73 Å². The van der Waals surface area contributed by atoms with Crippen LogP contribution in [0.5, 0.6) is 0 Å². The first-order chi connectivity index (χ1) is 2.94. The van der Waals surface area contributed by atoms with Crippen molar-refractivity contribution in [3.63, 3.8) is 0 Å². The molecule has 0 aliphatic rings. The SMILES string of the molecule is NC(=O)C(F)(F)F.[Na+]. The summed E-state index contributed by atoms with van der Waals surface area (Å²) in [5, 5.41) is 0. The third kappa shape index (κ3) is 4.42. The first-order valence-electron chi connectivity index (χ1n) is 1.31. The molecule has 2 N–H and O–H groups in total. The topological polar surface area (TPSA) is 43.1 Å². The maximum Gasteiger partial charge on any atom is 1.00 e. The van der Waals surface area contributed by atoms with E-state index in [0.29, 0.717) is 0 Å². The number of carbonyl (C=O) groups excluding carboxylic acids is 1. The van der Waals surface area contributed by atoms with E-state index >= 15 is 0 Å². The zero-order valence-corrected chi connectivity index (χ0v) is 6.12. The molecule has 0 aromatic heterocycles. The largest absolute Gasteiger partial charge is 1.00 e. The van der Waals surface area contributed by atoms with E-state index in [1.54, 1.807) is 0 Å². The third-order valence-electron chi connectivity index (χ3n) is 0.279. The molecule has 6 heteroatoms. The molecular formula is C2H2F3NNaO+. The minimum Gasteiger partial charge on any atom is -0.362 e. The van der Waals surface area contributed by atoms with E-state index in [4.69, 9.17) is 4.79 Å². The van der Waals surface area contributed by atoms with Crippen LogP contribution in [0, 0.1) is 0 Å². The minimum atomic E-state index is -4.86. The predicted octanol–water partition coefficient (Wildman–Crippen LogP) is -2.96. The van der Waals surface area contributed by atoms with E-state index in [1.807, 2.05) is 0 Å². The first-order valence-corrected chi connectivity index (χ1v) is 1.31. The van der Waals surface area contributed by atoms with Gasteiger partial charge in [-0.3, -0.25) is 4.79 Å². The molecule has 0 saturated heterocycles. The fraction of sp³-hybridized carbons (Fsp3) is 0.500. The molecule has 0 aromatic carbocycles. The van der Waals surface area contributed by atoms with Gasteiger partial charge in [-0.05, 0) is 0 Å². The van der Waals surface area contributed by atoms with Crippen molar-refractivity contribution in [2.24, 2.45) is 5.73 Å². The molecule has 0 aliphatic heterocycles. The van der Waals surface area contributed by atoms with Crippen LogP contribution in [0.2, 0.25) is 0 Å². The molecule has 0 rings (SSSR count). The van der Waals surface area contributed by atoms with Crippen LogP contribution < -0.4 is 35.3 Å². The van der Waals surface area contributed by atoms with Crippen LogP contribution in [0.3, 0.4) is 0 Å². The minimum absolute atomic E-state index is 0. The maximum atomic E-state index is 10.7. The number of hydrogen-bond donors (Lipinski definition) is 1. The summed E-state index contributed by atoms with van der Waals surface area (Å²) in [4.78, 5) is 9.12. The molecule has 1 amide bonds. The van der Waals surface area contributed by atoms with Crippen molar-refractivity contribution in [3.05, 3.63) is 0 Å². The summed E-state index contributed by atoms with van der Waals surface area (Å²) in [6.07, 6.45) is -4.86. The summed E-state index contributed by atoms with van der Waals surface area (Å²) in [5.74, 6) is -2.26. The fourth-order valence-electron chi connectivity index (χ4n) is 0. The summed E-state index contributed by atoms with van der Waals surface area (Å²) in [6.45, 7) is 0. The van der Waals surface area contributed by atoms with Gasteiger partial charge in [0, 0.05) is 0 Å². The average Bonchev–Trinajstić information content (AvgIpc) is 1.31. The van der Waals surface area contributed by atoms with Crippen LogP contribution in [-0.2, 0) is 4.79 Å². The smallest absolute Gasteiger partial charge is 0.362 e. The molecule has 0 atom stereocenters. The Labute approximate surface area is 65.5 Å². The van der Waals surface area contributed by atoms with Crippen molar-refractivity contribution in [2.75, 3.05) is 0 Å². The number of carbonyl (C=O) groups is 1. The second-order valence-electron chi connectivity index (χ2n) is 0.862. The van der Waals surface area contributed by atoms with Gasteiger partial charge in [-0.15, -0.1) is 0 Å². The summed E-state index contributed by atoms with van der Waals surface area (Å²) in [5.41, 5.74) is 3.81. The Morgan fingerprint density at radius 2 is 1.50 bits per heavy atom. The van der Waals surface area contributed by atoms with E-state index in [-0.39, 0.29) is 29.6 Å². The Morgan fingerprint density at radius 1 is 1.38 bits per heavy atom. The predicted molar refractivity (Wildman–Crippen MR) is 15.2 cm³/mol. The van der Waals surface area contributed by atoms with E-state index in [0.717, 1.165) is 0 Å². The van der Waals surface area contributed by atoms with Crippen molar-refractivity contribution in [3.8, 4) is 0 Å². The number of halogens is 3. The number of rotatable bonds is 0. The van der Waals surface area contributed by atoms with Crippen molar-refractivity contribution in [2.45, 2.75) is 6.18 Å². The van der Waals surface area contributed by atoms with Crippen LogP contribution in [0.1, 0.15) is 0 Å². The van der Waals surface area contributed by atoms with E-state index in [9.17, 15) is 13.2 Å². The normalized spacial score (nSPS) is 9.88. The Bertz CT molecular complexity index is 89.8. The molecule has 0 aromatic rings. The number of amides is 1. The van der Waals surface area contributed by atoms with Gasteiger partial charge in [0.2, 0.25) is 0 Å². The standard InChI is InChI=1S/C2H2F3NO.Na/c3-2(4,5)1(6)7;/h(H2,6,7);/q;+1. The quantitative estimate of drug-likeness (QED) is 0.355. The van der Waals surface area contributed by atoms with Crippen LogP contribution in [0.4, 0.5) is 13.2 Å². The summed E-state index contributed by atoms with van der Waals surface area (Å²) >= 11 is 0. The molecule has 0 aliphatic carbocycles. The van der Waals surface area contributed by atoms with Crippen molar-refractivity contribution in [1.29, 1.82) is 0 Å². The molecular weight excluding hydrogens is 134 g/mol. The molecule has 2 nitrogen and oxygen atoms in total. The van der Waals surface area contributed by atoms with Crippen molar-refractivity contribution in [1.82, 2.24) is 0 Å². The number of alkyl halides is 3. The van der Waals surface area contributed by atoms with E-state index < -0.39 is 12.1 Å². The second-order valence-corrected chi connectivity index (χ2v) is 0.862. The second kappa shape index (κ2) is 3.32. The van der Waals surface area contributed by atoms with Crippen LogP contribution in [0.25, 0.3) is 0 Å². The molecule has 0 heterocycles. The van der Waals surface area contributed by atoms with Crippen LogP contribution in [0.15, 0.2) is 0 Å². The molecule has 0 fully saturated rings. The first kappa shape index (κ1) is 11.1. The Morgan fingerprint density at radius 3 is 1.50 bits per heavy atom. The van der Waals surface area contributed by atoms with Crippen molar-refractivity contribution >= 4 is 5.91 Å². The molecule has 0 bridgehead atoms. The number of primary amides is 1. The molecule has 0 spiro atoms. The van der Waals surface area contributed by atoms with Crippen LogP contribution in [-0.4, -0.2) is 12.1 Å². The third-order valence-corrected chi connectivity index (χ3v) is 0.279. The summed E-state index contributed by atoms with van der Waals surface area (Å²) < 4.78 is 32.1. The summed E-state index contributed by atoms with van der Waals surface area (Å²) in [6, 6.07) is 0. The number of nitrogens with two attached hydrogens (primary N) is 1. The monoisotopic (exact) mass is 136 g/mol. The fourth-order valence-corrected chi connectivity index (χ4v) is 0. The van der Waals surface area contributed by atoms with Crippen LogP contribution >= 0.6 is 0 Å². The Kier molecular flexibility index (Phi) is 4.61. The van der Waals surface area contributed by atoms with Gasteiger partial charge in [0.15, 0.2) is 0 Å². The van der Waals surface area contributed by atoms with Gasteiger partial charge in [0.25, 0.3) is 0 Å². The van der Waals surface area contributed by atoms with Gasteiger partial charge in [-0.1, -0.05) is 0 Å². The van der Waals surface area contributed by atoms with Gasteiger partial charge in [-0.25, -0.2) is 0 Å². The van der Waals surface area contributed by atoms with E-state index in [2.05, 4.69) is 5.73 Å². The molecule has 0 unspecified atom stereocenters. The number of hydrogen-bond acceptors (Lipinski definition) is 1. The average molecular weight is 136 g/mol. The van der Waals surface area contributed by atoms with Gasteiger partial charge in [0.1, 0.15) is 0 Å². The van der Waals surface area contributed by atoms with Gasteiger partial charge >= 0.3 is 41.6 Å². The van der Waals surface area contributed by atoms with E-state index in [1.165, 1.54) is 0 Å². The summed E-state index contributed by atoms with van der Waals surface area (Å²) in [7, 11) is 0. The van der Waals surface area contributed by atoms with Crippen molar-refractivity contribution < 1.29 is 47.5 Å². The molecule has 0 saturated carbocycles. The zero-order valence-electron chi connectivity index (χ0n) is 4.12. The Hall–Kier alpha value is 0.260. The zero-order chi connectivity index (χ0) is 6.08. The maximum absolute atomic E-state index is 10.7. The molecule has 8 heavy (non-hydrogen) atoms. The molecule has 42 valence electrons.